The molecule has 17 heavy (non-hydrogen) atoms. The lowest BCUT2D eigenvalue weighted by Crippen LogP contribution is -2.31. The number of hydrogen-bond donors (Lipinski definition) is 1. The molecule has 1 heterocycles. The van der Waals surface area contributed by atoms with Gasteiger partial charge in [-0.15, -0.1) is 0 Å². The molecule has 1 aliphatic heterocycles. The van der Waals surface area contributed by atoms with Crippen molar-refractivity contribution in [1.29, 1.82) is 0 Å². The van der Waals surface area contributed by atoms with E-state index in [0.29, 0.717) is 0 Å². The van der Waals surface area contributed by atoms with Crippen LogP contribution in [0.2, 0.25) is 0 Å². The van der Waals surface area contributed by atoms with Crippen molar-refractivity contribution >= 4 is 5.69 Å². The molecule has 0 amide bonds. The van der Waals surface area contributed by atoms with Crippen LogP contribution in [-0.2, 0) is 6.42 Å². The van der Waals surface area contributed by atoms with Crippen molar-refractivity contribution in [2.75, 3.05) is 18.0 Å². The van der Waals surface area contributed by atoms with E-state index in [9.17, 15) is 5.11 Å². The summed E-state index contributed by atoms with van der Waals surface area (Å²) in [5.74, 6) is 0.913. The predicted molar refractivity (Wildman–Crippen MR) is 70.3 cm³/mol. The summed E-state index contributed by atoms with van der Waals surface area (Å²) in [5.41, 5.74) is 3.87. The van der Waals surface area contributed by atoms with Crippen molar-refractivity contribution in [3.63, 3.8) is 0 Å². The van der Waals surface area contributed by atoms with Crippen molar-refractivity contribution < 1.29 is 5.11 Å². The van der Waals surface area contributed by atoms with Gasteiger partial charge in [0.25, 0.3) is 0 Å². The molecule has 2 nitrogen and oxygen atoms in total. The van der Waals surface area contributed by atoms with E-state index < -0.39 is 0 Å². The Labute approximate surface area is 103 Å². The van der Waals surface area contributed by atoms with Crippen molar-refractivity contribution in [2.45, 2.75) is 38.7 Å². The molecule has 92 valence electrons. The minimum Gasteiger partial charge on any atom is -0.389 e. The first-order valence-electron chi connectivity index (χ1n) is 6.80. The van der Waals surface area contributed by atoms with Crippen molar-refractivity contribution in [1.82, 2.24) is 0 Å². The average molecular weight is 231 g/mol. The molecule has 0 radical (unpaired) electrons. The quantitative estimate of drug-likeness (QED) is 0.864. The number of fused-ring (bicyclic) bond motifs is 1. The maximum Gasteiger partial charge on any atom is 0.0762 e. The normalized spacial score (nSPS) is 21.2. The van der Waals surface area contributed by atoms with Gasteiger partial charge in [-0.3, -0.25) is 0 Å². The number of hydrogen-bond acceptors (Lipinski definition) is 2. The van der Waals surface area contributed by atoms with Gasteiger partial charge in [-0.05, 0) is 49.3 Å². The van der Waals surface area contributed by atoms with Crippen LogP contribution < -0.4 is 4.90 Å². The van der Waals surface area contributed by atoms with Gasteiger partial charge in [-0.25, -0.2) is 0 Å². The fourth-order valence-electron chi connectivity index (χ4n) is 2.90. The lowest BCUT2D eigenvalue weighted by atomic mass is 9.85. The highest BCUT2D eigenvalue weighted by atomic mass is 16.3. The molecule has 2 aliphatic rings. The fourth-order valence-corrected chi connectivity index (χ4v) is 2.90. The molecule has 1 saturated carbocycles. The lowest BCUT2D eigenvalue weighted by Gasteiger charge is -2.31. The van der Waals surface area contributed by atoms with E-state index >= 15 is 0 Å². The lowest BCUT2D eigenvalue weighted by molar-refractivity contribution is 0.199. The van der Waals surface area contributed by atoms with Gasteiger partial charge in [0.2, 0.25) is 0 Å². The van der Waals surface area contributed by atoms with Crippen LogP contribution in [-0.4, -0.2) is 18.2 Å². The zero-order valence-corrected chi connectivity index (χ0v) is 10.5. The van der Waals surface area contributed by atoms with Gasteiger partial charge < -0.3 is 10.0 Å². The van der Waals surface area contributed by atoms with E-state index in [1.54, 1.807) is 0 Å². The number of anilines is 1. The van der Waals surface area contributed by atoms with E-state index in [1.807, 2.05) is 6.92 Å². The van der Waals surface area contributed by atoms with Crippen LogP contribution in [0.5, 0.6) is 0 Å². The number of aliphatic hydroxyl groups excluding tert-OH is 1. The number of benzene rings is 1. The largest absolute Gasteiger partial charge is 0.389 e. The third-order valence-electron chi connectivity index (χ3n) is 4.29. The summed E-state index contributed by atoms with van der Waals surface area (Å²) in [6.07, 6.45) is 5.04. The third-order valence-corrected chi connectivity index (χ3v) is 4.29. The molecule has 0 bridgehead atoms. The second-order valence-corrected chi connectivity index (χ2v) is 5.56. The summed E-state index contributed by atoms with van der Waals surface area (Å²) in [6, 6.07) is 6.44. The Morgan fingerprint density at radius 3 is 2.88 bits per heavy atom. The Hall–Kier alpha value is -1.02. The monoisotopic (exact) mass is 231 g/mol. The first-order chi connectivity index (χ1) is 8.24. The Kier molecular flexibility index (Phi) is 2.83. The van der Waals surface area contributed by atoms with Crippen LogP contribution in [0.3, 0.4) is 0 Å². The van der Waals surface area contributed by atoms with Gasteiger partial charge in [0.05, 0.1) is 6.10 Å². The van der Waals surface area contributed by atoms with E-state index in [0.717, 1.165) is 18.0 Å². The summed E-state index contributed by atoms with van der Waals surface area (Å²) < 4.78 is 0. The summed E-state index contributed by atoms with van der Waals surface area (Å²) in [7, 11) is 0. The third kappa shape index (κ3) is 2.06. The van der Waals surface area contributed by atoms with Crippen molar-refractivity contribution in [3.8, 4) is 0 Å². The van der Waals surface area contributed by atoms with Crippen molar-refractivity contribution in [3.05, 3.63) is 29.3 Å². The van der Waals surface area contributed by atoms with E-state index in [-0.39, 0.29) is 6.10 Å². The summed E-state index contributed by atoms with van der Waals surface area (Å²) >= 11 is 0. The van der Waals surface area contributed by atoms with Gasteiger partial charge in [0.15, 0.2) is 0 Å². The highest BCUT2D eigenvalue weighted by Gasteiger charge is 2.25. The molecule has 1 aromatic rings. The zero-order valence-electron chi connectivity index (χ0n) is 10.5. The van der Waals surface area contributed by atoms with Crippen LogP contribution in [0.1, 0.15) is 43.4 Å². The minimum atomic E-state index is -0.355. The number of aliphatic hydroxyl groups is 1. The van der Waals surface area contributed by atoms with Crippen LogP contribution >= 0.6 is 0 Å². The molecule has 0 aromatic heterocycles. The zero-order chi connectivity index (χ0) is 11.8. The van der Waals surface area contributed by atoms with E-state index in [2.05, 4.69) is 23.1 Å². The maximum atomic E-state index is 9.66. The molecule has 1 N–H and O–H groups in total. The molecule has 1 aliphatic carbocycles. The molecule has 1 fully saturated rings. The first kappa shape index (κ1) is 11.1. The molecule has 0 saturated heterocycles. The summed E-state index contributed by atoms with van der Waals surface area (Å²) in [6.45, 7) is 4.22. The molecule has 1 unspecified atom stereocenters. The highest BCUT2D eigenvalue weighted by Crippen LogP contribution is 2.34. The summed E-state index contributed by atoms with van der Waals surface area (Å²) in [4.78, 5) is 2.52. The molecule has 2 heteroatoms. The van der Waals surface area contributed by atoms with Gasteiger partial charge in [0, 0.05) is 18.8 Å². The van der Waals surface area contributed by atoms with Crippen LogP contribution in [0.15, 0.2) is 18.2 Å². The molecule has 1 atom stereocenters. The van der Waals surface area contributed by atoms with Crippen LogP contribution in [0.25, 0.3) is 0 Å². The van der Waals surface area contributed by atoms with Gasteiger partial charge >= 0.3 is 0 Å². The standard InChI is InChI=1S/C15H21NO/c1-11(17)14-6-5-13-7-8-16(15(13)9-14)10-12-3-2-4-12/h5-6,9,11-12,17H,2-4,7-8,10H2,1H3. The van der Waals surface area contributed by atoms with Crippen LogP contribution in [0, 0.1) is 5.92 Å². The average Bonchev–Trinajstić information content (AvgIpc) is 2.65. The van der Waals surface area contributed by atoms with Gasteiger partial charge in [0.1, 0.15) is 0 Å². The second-order valence-electron chi connectivity index (χ2n) is 5.56. The number of nitrogens with zero attached hydrogens (tertiary/aromatic N) is 1. The van der Waals surface area contributed by atoms with E-state index in [1.165, 1.54) is 43.5 Å². The molecule has 0 spiro atoms. The first-order valence-corrected chi connectivity index (χ1v) is 6.80. The van der Waals surface area contributed by atoms with Crippen LogP contribution in [0.4, 0.5) is 5.69 Å². The van der Waals surface area contributed by atoms with Crippen molar-refractivity contribution in [2.24, 2.45) is 5.92 Å². The Morgan fingerprint density at radius 2 is 2.24 bits per heavy atom. The van der Waals surface area contributed by atoms with Gasteiger partial charge in [-0.1, -0.05) is 18.6 Å². The Bertz CT molecular complexity index is 409. The second kappa shape index (κ2) is 4.34. The minimum absolute atomic E-state index is 0.355. The number of rotatable bonds is 3. The SMILES string of the molecule is CC(O)c1ccc2c(c1)N(CC1CCC1)CC2. The Balaban J connectivity index is 1.81. The topological polar surface area (TPSA) is 23.5 Å². The molecule has 1 aromatic carbocycles. The van der Waals surface area contributed by atoms with Gasteiger partial charge in [-0.2, -0.15) is 0 Å². The highest BCUT2D eigenvalue weighted by molar-refractivity contribution is 5.59. The molecular formula is C15H21NO. The predicted octanol–water partition coefficient (Wildman–Crippen LogP) is 2.90. The summed E-state index contributed by atoms with van der Waals surface area (Å²) in [5, 5.41) is 9.66. The smallest absolute Gasteiger partial charge is 0.0762 e. The molecule has 3 rings (SSSR count). The Morgan fingerprint density at radius 1 is 1.41 bits per heavy atom. The maximum absolute atomic E-state index is 9.66. The fraction of sp³-hybridized carbons (Fsp3) is 0.600. The van der Waals surface area contributed by atoms with E-state index in [4.69, 9.17) is 0 Å². The molecular weight excluding hydrogens is 210 g/mol.